The number of likely N-dealkylation sites (N-methyl/N-ethyl adjacent to an activating group) is 1. The van der Waals surface area contributed by atoms with E-state index in [9.17, 15) is 18.8 Å². The number of rotatable bonds is 10. The van der Waals surface area contributed by atoms with Gasteiger partial charge >= 0.3 is 0 Å². The quantitative estimate of drug-likeness (QED) is 0.448. The molecule has 0 radical (unpaired) electrons. The van der Waals surface area contributed by atoms with Crippen LogP contribution >= 0.6 is 0 Å². The molecule has 8 heteroatoms. The van der Waals surface area contributed by atoms with Crippen molar-refractivity contribution in [2.24, 2.45) is 0 Å². The third-order valence-corrected chi connectivity index (χ3v) is 5.64. The Morgan fingerprint density at radius 2 is 1.82 bits per heavy atom. The van der Waals surface area contributed by atoms with Gasteiger partial charge in [0.25, 0.3) is 5.56 Å². The highest BCUT2D eigenvalue weighted by Gasteiger charge is 2.16. The van der Waals surface area contributed by atoms with Gasteiger partial charge in [-0.05, 0) is 74.8 Å². The number of pyridine rings is 2. The molecule has 0 saturated carbocycles. The largest absolute Gasteiger partial charge is 0.320 e. The number of unbranched alkanes of at least 4 members (excludes halogenated alkanes) is 1. The van der Waals surface area contributed by atoms with Gasteiger partial charge in [-0.1, -0.05) is 13.3 Å². The van der Waals surface area contributed by atoms with E-state index in [0.29, 0.717) is 23.1 Å². The fourth-order valence-electron chi connectivity index (χ4n) is 3.48. The van der Waals surface area contributed by atoms with Gasteiger partial charge in [0.15, 0.2) is 5.78 Å². The summed E-state index contributed by atoms with van der Waals surface area (Å²) in [6.45, 7) is 3.98. The van der Waals surface area contributed by atoms with Crippen molar-refractivity contribution >= 4 is 17.4 Å². The highest BCUT2D eigenvalue weighted by Crippen LogP contribution is 2.15. The highest BCUT2D eigenvalue weighted by atomic mass is 19.1. The standard InChI is InChI=1S/C26H29FN4O3/c1-4-5-6-22-11-12-23(30-25(33)17(2)28-3)26(34)31(22)16-18-13-20(15-29-14-18)24(32)19-7-9-21(27)10-8-19/h7-15,17,28H,4-6,16H2,1-3H3,(H,30,33). The number of amides is 1. The van der Waals surface area contributed by atoms with E-state index in [1.807, 2.05) is 6.07 Å². The Labute approximate surface area is 198 Å². The van der Waals surface area contributed by atoms with Crippen molar-refractivity contribution in [2.45, 2.75) is 45.7 Å². The first-order valence-electron chi connectivity index (χ1n) is 11.3. The number of hydrogen-bond donors (Lipinski definition) is 2. The molecule has 2 N–H and O–H groups in total. The summed E-state index contributed by atoms with van der Waals surface area (Å²) in [5.74, 6) is -1.01. The predicted molar refractivity (Wildman–Crippen MR) is 130 cm³/mol. The van der Waals surface area contributed by atoms with Gasteiger partial charge in [0.1, 0.15) is 11.5 Å². The van der Waals surface area contributed by atoms with Crippen molar-refractivity contribution in [1.82, 2.24) is 14.9 Å². The Bertz CT molecular complexity index is 1220. The number of aryl methyl sites for hydroxylation is 1. The molecule has 0 fully saturated rings. The summed E-state index contributed by atoms with van der Waals surface area (Å²) in [7, 11) is 1.67. The average Bonchev–Trinajstić information content (AvgIpc) is 2.85. The molecule has 0 bridgehead atoms. The summed E-state index contributed by atoms with van der Waals surface area (Å²) in [6.07, 6.45) is 5.63. The first-order chi connectivity index (χ1) is 16.3. The van der Waals surface area contributed by atoms with E-state index in [2.05, 4.69) is 22.5 Å². The second-order valence-electron chi connectivity index (χ2n) is 8.15. The van der Waals surface area contributed by atoms with Crippen LogP contribution in [0.15, 0.2) is 59.7 Å². The molecule has 2 heterocycles. The Hall–Kier alpha value is -3.65. The van der Waals surface area contributed by atoms with Gasteiger partial charge in [-0.3, -0.25) is 19.4 Å². The Morgan fingerprint density at radius 3 is 2.50 bits per heavy atom. The molecule has 0 saturated heterocycles. The van der Waals surface area contributed by atoms with Crippen LogP contribution in [0.2, 0.25) is 0 Å². The lowest BCUT2D eigenvalue weighted by Crippen LogP contribution is -2.38. The molecule has 1 unspecified atom stereocenters. The summed E-state index contributed by atoms with van der Waals surface area (Å²) >= 11 is 0. The van der Waals surface area contributed by atoms with Crippen LogP contribution in [-0.2, 0) is 17.8 Å². The maximum Gasteiger partial charge on any atom is 0.274 e. The molecule has 0 aliphatic carbocycles. The molecule has 1 amide bonds. The minimum Gasteiger partial charge on any atom is -0.320 e. The number of carbonyl (C=O) groups is 2. The first kappa shape index (κ1) is 25.0. The molecule has 178 valence electrons. The molecular formula is C26H29FN4O3. The van der Waals surface area contributed by atoms with Crippen molar-refractivity contribution < 1.29 is 14.0 Å². The van der Waals surface area contributed by atoms with Crippen LogP contribution in [0, 0.1) is 5.82 Å². The monoisotopic (exact) mass is 464 g/mol. The number of aromatic nitrogens is 2. The topological polar surface area (TPSA) is 93.1 Å². The molecule has 7 nitrogen and oxygen atoms in total. The number of hydrogen-bond acceptors (Lipinski definition) is 5. The smallest absolute Gasteiger partial charge is 0.274 e. The molecule has 2 aromatic heterocycles. The van der Waals surface area contributed by atoms with Crippen molar-refractivity contribution in [3.63, 3.8) is 0 Å². The number of anilines is 1. The average molecular weight is 465 g/mol. The lowest BCUT2D eigenvalue weighted by molar-refractivity contribution is -0.117. The van der Waals surface area contributed by atoms with Gasteiger partial charge in [0.2, 0.25) is 5.91 Å². The molecule has 3 aromatic rings. The summed E-state index contributed by atoms with van der Waals surface area (Å²) in [6, 6.07) is 10.0. The number of halogens is 1. The maximum atomic E-state index is 13.3. The van der Waals surface area contributed by atoms with Crippen molar-refractivity contribution in [2.75, 3.05) is 12.4 Å². The zero-order chi connectivity index (χ0) is 24.7. The third kappa shape index (κ3) is 6.02. The van der Waals surface area contributed by atoms with Crippen molar-refractivity contribution in [3.05, 3.63) is 93.4 Å². The van der Waals surface area contributed by atoms with Gasteiger partial charge < -0.3 is 15.2 Å². The van der Waals surface area contributed by atoms with Crippen molar-refractivity contribution in [3.8, 4) is 0 Å². The fraction of sp³-hybridized carbons (Fsp3) is 0.308. The zero-order valence-corrected chi connectivity index (χ0v) is 19.6. The van der Waals surface area contributed by atoms with Crippen LogP contribution < -0.4 is 16.2 Å². The van der Waals surface area contributed by atoms with E-state index in [1.54, 1.807) is 36.9 Å². The van der Waals surface area contributed by atoms with Gasteiger partial charge in [-0.25, -0.2) is 4.39 Å². The second kappa shape index (κ2) is 11.5. The number of nitrogens with one attached hydrogen (secondary N) is 2. The number of nitrogens with zero attached hydrogens (tertiary/aromatic N) is 2. The molecule has 34 heavy (non-hydrogen) atoms. The minimum absolute atomic E-state index is 0.193. The van der Waals surface area contributed by atoms with Crippen LogP contribution in [0.4, 0.5) is 10.1 Å². The van der Waals surface area contributed by atoms with E-state index < -0.39 is 11.9 Å². The van der Waals surface area contributed by atoms with Crippen LogP contribution in [0.3, 0.4) is 0 Å². The predicted octanol–water partition coefficient (Wildman–Crippen LogP) is 3.55. The van der Waals surface area contributed by atoms with Gasteiger partial charge in [0, 0.05) is 29.2 Å². The summed E-state index contributed by atoms with van der Waals surface area (Å²) in [5, 5.41) is 5.54. The molecule has 0 aliphatic heterocycles. The highest BCUT2D eigenvalue weighted by molar-refractivity contribution is 6.08. The molecule has 1 atom stereocenters. The summed E-state index contributed by atoms with van der Waals surface area (Å²) in [4.78, 5) is 42.6. The molecule has 0 spiro atoms. The number of benzene rings is 1. The lowest BCUT2D eigenvalue weighted by Gasteiger charge is -2.16. The second-order valence-corrected chi connectivity index (χ2v) is 8.15. The Morgan fingerprint density at radius 1 is 1.09 bits per heavy atom. The van der Waals surface area contributed by atoms with Crippen LogP contribution in [-0.4, -0.2) is 34.3 Å². The van der Waals surface area contributed by atoms with E-state index >= 15 is 0 Å². The maximum absolute atomic E-state index is 13.3. The first-order valence-corrected chi connectivity index (χ1v) is 11.3. The fourth-order valence-corrected chi connectivity index (χ4v) is 3.48. The van der Waals surface area contributed by atoms with Gasteiger partial charge in [0.05, 0.1) is 12.6 Å². The van der Waals surface area contributed by atoms with Gasteiger partial charge in [-0.15, -0.1) is 0 Å². The SMILES string of the molecule is CCCCc1ccc(NC(=O)C(C)NC)c(=O)n1Cc1cncc(C(=O)c2ccc(F)cc2)c1. The van der Waals surface area contributed by atoms with Crippen LogP contribution in [0.5, 0.6) is 0 Å². The molecule has 1 aromatic carbocycles. The zero-order valence-electron chi connectivity index (χ0n) is 19.6. The minimum atomic E-state index is -0.453. The molecule has 3 rings (SSSR count). The van der Waals surface area contributed by atoms with E-state index in [1.165, 1.54) is 30.5 Å². The van der Waals surface area contributed by atoms with E-state index in [0.717, 1.165) is 18.5 Å². The van der Waals surface area contributed by atoms with E-state index in [4.69, 9.17) is 0 Å². The number of carbonyl (C=O) groups excluding carboxylic acids is 2. The normalized spacial score (nSPS) is 11.8. The number of ketones is 1. The molecular weight excluding hydrogens is 435 g/mol. The Kier molecular flexibility index (Phi) is 8.43. The summed E-state index contributed by atoms with van der Waals surface area (Å²) < 4.78 is 14.8. The van der Waals surface area contributed by atoms with Crippen LogP contribution in [0.1, 0.15) is 53.9 Å². The van der Waals surface area contributed by atoms with E-state index in [-0.39, 0.29) is 29.5 Å². The van der Waals surface area contributed by atoms with Crippen LogP contribution in [0.25, 0.3) is 0 Å². The van der Waals surface area contributed by atoms with Gasteiger partial charge in [-0.2, -0.15) is 0 Å². The lowest BCUT2D eigenvalue weighted by atomic mass is 10.0. The van der Waals surface area contributed by atoms with Crippen molar-refractivity contribution in [1.29, 1.82) is 0 Å². The Balaban J connectivity index is 1.93. The summed E-state index contributed by atoms with van der Waals surface area (Å²) in [5.41, 5.74) is 2.07. The third-order valence-electron chi connectivity index (χ3n) is 5.64. The molecule has 0 aliphatic rings.